The largest absolute Gasteiger partial charge is 0.496 e. The minimum Gasteiger partial charge on any atom is -0.496 e. The van der Waals surface area contributed by atoms with Crippen LogP contribution in [0.25, 0.3) is 33.5 Å². The van der Waals surface area contributed by atoms with Gasteiger partial charge in [0.05, 0.1) is 36.5 Å². The van der Waals surface area contributed by atoms with Crippen LogP contribution >= 0.6 is 0 Å². The van der Waals surface area contributed by atoms with Crippen LogP contribution < -0.4 is 15.5 Å². The van der Waals surface area contributed by atoms with Gasteiger partial charge in [-0.3, -0.25) is 4.79 Å². The summed E-state index contributed by atoms with van der Waals surface area (Å²) in [4.78, 5) is 31.6. The lowest BCUT2D eigenvalue weighted by Gasteiger charge is -2.24. The summed E-state index contributed by atoms with van der Waals surface area (Å²) in [5.41, 5.74) is 5.09. The van der Waals surface area contributed by atoms with Gasteiger partial charge in [-0.1, -0.05) is 12.1 Å². The van der Waals surface area contributed by atoms with E-state index in [1.807, 2.05) is 36.4 Å². The highest BCUT2D eigenvalue weighted by molar-refractivity contribution is 5.88. The van der Waals surface area contributed by atoms with Gasteiger partial charge in [-0.05, 0) is 42.9 Å². The molecule has 10 nitrogen and oxygen atoms in total. The molecular weight excluding hydrogens is 464 g/mol. The lowest BCUT2D eigenvalue weighted by Crippen LogP contribution is -2.27. The Kier molecular flexibility index (Phi) is 7.09. The molecule has 36 heavy (non-hydrogen) atoms. The number of carboxylic acid groups (broad SMARTS) is 1. The molecule has 1 aliphatic rings. The van der Waals surface area contributed by atoms with E-state index in [0.717, 1.165) is 16.7 Å². The lowest BCUT2D eigenvalue weighted by molar-refractivity contribution is 0.0902. The zero-order chi connectivity index (χ0) is 26.0. The number of benzene rings is 2. The fraction of sp³-hybridized carbons (Fsp3) is 0.269. The van der Waals surface area contributed by atoms with E-state index in [-0.39, 0.29) is 11.5 Å². The van der Waals surface area contributed by atoms with Crippen LogP contribution in [0, 0.1) is 0 Å². The van der Waals surface area contributed by atoms with Crippen molar-refractivity contribution in [1.82, 2.24) is 20.2 Å². The number of aromatic amines is 1. The van der Waals surface area contributed by atoms with Crippen LogP contribution in [0.1, 0.15) is 17.2 Å². The van der Waals surface area contributed by atoms with E-state index in [4.69, 9.17) is 14.3 Å². The van der Waals surface area contributed by atoms with Crippen LogP contribution in [0.3, 0.4) is 0 Å². The van der Waals surface area contributed by atoms with Crippen LogP contribution in [0.15, 0.2) is 58.2 Å². The number of ether oxygens (including phenoxy) is 1. The molecule has 4 aromatic rings. The zero-order valence-corrected chi connectivity index (χ0v) is 20.4. The highest BCUT2D eigenvalue weighted by Crippen LogP contribution is 2.38. The molecule has 2 aromatic heterocycles. The van der Waals surface area contributed by atoms with Crippen molar-refractivity contribution in [3.63, 3.8) is 0 Å². The van der Waals surface area contributed by atoms with Crippen LogP contribution in [0.4, 0.5) is 4.79 Å². The van der Waals surface area contributed by atoms with Gasteiger partial charge in [0.2, 0.25) is 0 Å². The normalized spacial score (nSPS) is 16.4. The van der Waals surface area contributed by atoms with E-state index < -0.39 is 12.2 Å². The molecule has 188 valence electrons. The number of hydrogen-bond donors (Lipinski definition) is 4. The third-order valence-corrected chi connectivity index (χ3v) is 6.19. The second-order valence-electron chi connectivity index (χ2n) is 8.66. The number of H-pyrrole nitrogens is 1. The minimum atomic E-state index is -0.995. The summed E-state index contributed by atoms with van der Waals surface area (Å²) in [6.07, 6.45) is 2.14. The number of fused-ring (bicyclic) bond motifs is 2. The maximum absolute atomic E-state index is 13.0. The predicted octanol–water partition coefficient (Wildman–Crippen LogP) is 3.26. The van der Waals surface area contributed by atoms with Gasteiger partial charge in [0, 0.05) is 36.7 Å². The summed E-state index contributed by atoms with van der Waals surface area (Å²) in [5.74, 6) is 1.12. The number of likely N-dealkylation sites (N-methyl/N-ethyl adjacent to an activating group) is 1. The number of aliphatic hydroxyl groups excluding tert-OH is 1. The molecule has 10 heteroatoms. The maximum atomic E-state index is 13.0. The molecule has 0 unspecified atom stereocenters. The molecule has 0 saturated heterocycles. The number of rotatable bonds is 4. The Balaban J connectivity index is 0.000000556. The molecule has 5 rings (SSSR count). The van der Waals surface area contributed by atoms with Crippen molar-refractivity contribution in [1.29, 1.82) is 0 Å². The third-order valence-electron chi connectivity index (χ3n) is 6.19. The number of hydrogen-bond acceptors (Lipinski definition) is 7. The van der Waals surface area contributed by atoms with Gasteiger partial charge in [0.25, 0.3) is 0 Å². The standard InChI is InChI=1S/C24H23N3O4.C2H5NO2/c1-27(2)24-15-6-14(5-4-13(15)7-21(24)29)18-9-20(28)16-8-17(23-11-25-12-31-23)22(30-3)10-19(16)26-18;1-3-2(4)5/h4-6,8-12,21,24,29H,7H2,1-3H3,(H,26,28);3H,1H3,(H,4,5)/t21-,24-;/m1./s1. The number of nitrogens with zero attached hydrogens (tertiary/aromatic N) is 2. The van der Waals surface area contributed by atoms with E-state index in [0.29, 0.717) is 40.1 Å². The molecule has 1 aliphatic carbocycles. The Bertz CT molecular complexity index is 1450. The van der Waals surface area contributed by atoms with Gasteiger partial charge in [-0.15, -0.1) is 0 Å². The first-order chi connectivity index (χ1) is 17.2. The van der Waals surface area contributed by atoms with Crippen molar-refractivity contribution in [3.05, 3.63) is 70.3 Å². The van der Waals surface area contributed by atoms with Crippen molar-refractivity contribution in [3.8, 4) is 28.3 Å². The quantitative estimate of drug-likeness (QED) is 0.340. The molecule has 0 spiro atoms. The Morgan fingerprint density at radius 2 is 2.00 bits per heavy atom. The molecule has 0 radical (unpaired) electrons. The van der Waals surface area contributed by atoms with Crippen molar-refractivity contribution in [2.45, 2.75) is 18.6 Å². The first-order valence-corrected chi connectivity index (χ1v) is 11.3. The average molecular weight is 493 g/mol. The van der Waals surface area contributed by atoms with Crippen LogP contribution in [0.5, 0.6) is 5.75 Å². The maximum Gasteiger partial charge on any atom is 0.404 e. The number of oxazole rings is 1. The molecule has 2 atom stereocenters. The van der Waals surface area contributed by atoms with Crippen molar-refractivity contribution in [2.24, 2.45) is 0 Å². The number of pyridine rings is 1. The molecule has 1 amide bonds. The van der Waals surface area contributed by atoms with Gasteiger partial charge >= 0.3 is 6.09 Å². The summed E-state index contributed by atoms with van der Waals surface area (Å²) in [6, 6.07) is 11.2. The molecule has 0 saturated carbocycles. The first-order valence-electron chi connectivity index (χ1n) is 11.3. The number of methoxy groups -OCH3 is 1. The van der Waals surface area contributed by atoms with Crippen LogP contribution in [-0.2, 0) is 6.42 Å². The molecule has 0 bridgehead atoms. The number of aliphatic hydroxyl groups is 1. The van der Waals surface area contributed by atoms with E-state index in [1.165, 1.54) is 13.4 Å². The average Bonchev–Trinajstić information content (AvgIpc) is 3.50. The second kappa shape index (κ2) is 10.2. The Labute approximate surface area is 207 Å². The zero-order valence-electron chi connectivity index (χ0n) is 20.4. The van der Waals surface area contributed by atoms with E-state index >= 15 is 0 Å². The van der Waals surface area contributed by atoms with E-state index in [1.54, 1.807) is 31.5 Å². The van der Waals surface area contributed by atoms with Gasteiger partial charge in [0.1, 0.15) is 5.75 Å². The Hall–Kier alpha value is -4.15. The summed E-state index contributed by atoms with van der Waals surface area (Å²) in [7, 11) is 6.86. The highest BCUT2D eigenvalue weighted by atomic mass is 16.5. The first kappa shape index (κ1) is 25.0. The van der Waals surface area contributed by atoms with E-state index in [2.05, 4.69) is 16.0 Å². The number of carbonyl (C=O) groups is 1. The lowest BCUT2D eigenvalue weighted by atomic mass is 10.0. The predicted molar refractivity (Wildman–Crippen MR) is 135 cm³/mol. The Morgan fingerprint density at radius 3 is 2.61 bits per heavy atom. The summed E-state index contributed by atoms with van der Waals surface area (Å²) < 4.78 is 10.9. The fourth-order valence-electron chi connectivity index (χ4n) is 4.53. The van der Waals surface area contributed by atoms with Gasteiger partial charge < -0.3 is 34.6 Å². The number of aromatic nitrogens is 2. The minimum absolute atomic E-state index is 0.0633. The monoisotopic (exact) mass is 492 g/mol. The van der Waals surface area contributed by atoms with E-state index in [9.17, 15) is 14.7 Å². The van der Waals surface area contributed by atoms with Gasteiger partial charge in [-0.25, -0.2) is 9.78 Å². The molecule has 0 fully saturated rings. The van der Waals surface area contributed by atoms with Gasteiger partial charge in [-0.2, -0.15) is 0 Å². The SMILES string of the molecule is CNC(=O)O.COc1cc2[nH]c(-c3ccc4c(c3)[C@@H](N(C)C)[C@H](O)C4)cc(=O)c2cc1-c1cnco1. The molecular formula is C26H28N4O6. The highest BCUT2D eigenvalue weighted by Gasteiger charge is 2.32. The third kappa shape index (κ3) is 4.81. The summed E-state index contributed by atoms with van der Waals surface area (Å²) in [5, 5.41) is 20.6. The molecule has 2 heterocycles. The summed E-state index contributed by atoms with van der Waals surface area (Å²) >= 11 is 0. The van der Waals surface area contributed by atoms with Crippen LogP contribution in [0.2, 0.25) is 0 Å². The van der Waals surface area contributed by atoms with Crippen molar-refractivity contribution in [2.75, 3.05) is 28.3 Å². The fourth-order valence-corrected chi connectivity index (χ4v) is 4.53. The number of nitrogens with one attached hydrogen (secondary N) is 2. The van der Waals surface area contributed by atoms with Crippen molar-refractivity contribution < 1.29 is 24.2 Å². The Morgan fingerprint density at radius 1 is 1.25 bits per heavy atom. The molecule has 4 N–H and O–H groups in total. The second-order valence-corrected chi connectivity index (χ2v) is 8.66. The molecule has 2 aromatic carbocycles. The van der Waals surface area contributed by atoms with Crippen LogP contribution in [-0.4, -0.2) is 65.5 Å². The van der Waals surface area contributed by atoms with Crippen molar-refractivity contribution >= 4 is 17.0 Å². The van der Waals surface area contributed by atoms with Gasteiger partial charge in [0.15, 0.2) is 17.6 Å². The smallest absolute Gasteiger partial charge is 0.404 e. The summed E-state index contributed by atoms with van der Waals surface area (Å²) in [6.45, 7) is 0. The topological polar surface area (TPSA) is 141 Å². The molecule has 0 aliphatic heterocycles. The number of amides is 1.